The fraction of sp³-hybridized carbons (Fsp3) is 0.625. The predicted molar refractivity (Wildman–Crippen MR) is 90.7 cm³/mol. The summed E-state index contributed by atoms with van der Waals surface area (Å²) in [6.45, 7) is 5.95. The average molecular weight is 320 g/mol. The van der Waals surface area contributed by atoms with E-state index in [-0.39, 0.29) is 5.91 Å². The minimum atomic E-state index is 0.163. The van der Waals surface area contributed by atoms with Gasteiger partial charge in [-0.3, -0.25) is 9.48 Å². The quantitative estimate of drug-likeness (QED) is 0.946. The van der Waals surface area contributed by atoms with Gasteiger partial charge < -0.3 is 10.2 Å². The first-order chi connectivity index (χ1) is 10.5. The largest absolute Gasteiger partial charge is 0.336 e. The highest BCUT2D eigenvalue weighted by Gasteiger charge is 2.26. The van der Waals surface area contributed by atoms with Crippen LogP contribution in [0.4, 0.5) is 0 Å². The number of hydrogen-bond acceptors (Lipinski definition) is 4. The van der Waals surface area contributed by atoms with Gasteiger partial charge in [-0.25, -0.2) is 0 Å². The van der Waals surface area contributed by atoms with Crippen LogP contribution in [0.15, 0.2) is 6.07 Å². The van der Waals surface area contributed by atoms with E-state index in [9.17, 15) is 4.79 Å². The lowest BCUT2D eigenvalue weighted by Crippen LogP contribution is -2.46. The molecule has 1 fully saturated rings. The molecule has 0 spiro atoms. The van der Waals surface area contributed by atoms with Crippen LogP contribution in [-0.4, -0.2) is 46.8 Å². The summed E-state index contributed by atoms with van der Waals surface area (Å²) in [6, 6.07) is 2.45. The van der Waals surface area contributed by atoms with Gasteiger partial charge in [-0.15, -0.1) is 11.3 Å². The summed E-state index contributed by atoms with van der Waals surface area (Å²) >= 11 is 1.56. The molecule has 120 valence electrons. The maximum Gasteiger partial charge on any atom is 0.264 e. The number of carbonyl (C=O) groups is 1. The molecule has 3 rings (SSSR count). The zero-order valence-electron chi connectivity index (χ0n) is 13.7. The lowest BCUT2D eigenvalue weighted by atomic mass is 10.1. The van der Waals surface area contributed by atoms with Crippen molar-refractivity contribution in [3.8, 4) is 0 Å². The maximum absolute atomic E-state index is 12.8. The van der Waals surface area contributed by atoms with Crippen LogP contribution >= 0.6 is 11.3 Å². The molecule has 5 nitrogen and oxygen atoms in total. The van der Waals surface area contributed by atoms with Gasteiger partial charge in [0.15, 0.2) is 0 Å². The molecule has 2 aromatic heterocycles. The van der Waals surface area contributed by atoms with Crippen molar-refractivity contribution in [2.45, 2.75) is 38.6 Å². The van der Waals surface area contributed by atoms with Crippen LogP contribution in [0.25, 0.3) is 10.2 Å². The normalized spacial score (nSPS) is 19.3. The number of likely N-dealkylation sites (tertiary alicyclic amines) is 1. The number of carbonyl (C=O) groups excluding carboxylic acids is 1. The summed E-state index contributed by atoms with van der Waals surface area (Å²) < 4.78 is 1.90. The third-order valence-electron chi connectivity index (χ3n) is 4.41. The third kappa shape index (κ3) is 2.65. The van der Waals surface area contributed by atoms with Gasteiger partial charge in [0, 0.05) is 31.6 Å². The predicted octanol–water partition coefficient (Wildman–Crippen LogP) is 2.58. The van der Waals surface area contributed by atoms with E-state index in [0.717, 1.165) is 46.7 Å². The molecule has 2 aromatic rings. The van der Waals surface area contributed by atoms with Crippen LogP contribution < -0.4 is 5.32 Å². The van der Waals surface area contributed by atoms with E-state index in [2.05, 4.69) is 24.3 Å². The van der Waals surface area contributed by atoms with Gasteiger partial charge >= 0.3 is 0 Å². The van der Waals surface area contributed by atoms with Gasteiger partial charge in [0.1, 0.15) is 4.83 Å². The zero-order chi connectivity index (χ0) is 15.9. The molecule has 1 saturated heterocycles. The number of nitrogens with zero attached hydrogens (tertiary/aromatic N) is 3. The van der Waals surface area contributed by atoms with Crippen LogP contribution in [0.2, 0.25) is 0 Å². The van der Waals surface area contributed by atoms with Gasteiger partial charge in [-0.2, -0.15) is 5.10 Å². The molecule has 3 heterocycles. The Labute approximate surface area is 135 Å². The second-order valence-electron chi connectivity index (χ2n) is 6.37. The number of fused-ring (bicyclic) bond motifs is 1. The molecule has 0 aliphatic carbocycles. The van der Waals surface area contributed by atoms with Crippen molar-refractivity contribution >= 4 is 27.5 Å². The molecule has 1 aliphatic heterocycles. The summed E-state index contributed by atoms with van der Waals surface area (Å²) in [5.41, 5.74) is 1.08. The van der Waals surface area contributed by atoms with E-state index in [1.54, 1.807) is 11.3 Å². The SMILES string of the molecule is CNC1CCCN(C(=O)c2cc3c(C(C)C)nn(C)c3s2)C1. The maximum atomic E-state index is 12.8. The Morgan fingerprint density at radius 2 is 2.27 bits per heavy atom. The molecule has 0 aromatic carbocycles. The van der Waals surface area contributed by atoms with Crippen LogP contribution in [0.5, 0.6) is 0 Å². The number of piperidine rings is 1. The van der Waals surface area contributed by atoms with E-state index in [1.165, 1.54) is 0 Å². The van der Waals surface area contributed by atoms with Gasteiger partial charge in [0.25, 0.3) is 5.91 Å². The Kier molecular flexibility index (Phi) is 4.23. The first-order valence-electron chi connectivity index (χ1n) is 7.94. The molecule has 0 saturated carbocycles. The number of hydrogen-bond donors (Lipinski definition) is 1. The van der Waals surface area contributed by atoms with Crippen molar-refractivity contribution in [2.24, 2.45) is 7.05 Å². The molecular weight excluding hydrogens is 296 g/mol. The van der Waals surface area contributed by atoms with E-state index in [0.29, 0.717) is 12.0 Å². The van der Waals surface area contributed by atoms with E-state index in [4.69, 9.17) is 0 Å². The first-order valence-corrected chi connectivity index (χ1v) is 8.76. The number of amides is 1. The number of likely N-dealkylation sites (N-methyl/N-ethyl adjacent to an activating group) is 1. The number of aryl methyl sites for hydroxylation is 1. The Hall–Kier alpha value is -1.40. The summed E-state index contributed by atoms with van der Waals surface area (Å²) in [6.07, 6.45) is 2.22. The summed E-state index contributed by atoms with van der Waals surface area (Å²) in [4.78, 5) is 16.7. The summed E-state index contributed by atoms with van der Waals surface area (Å²) in [7, 11) is 3.93. The van der Waals surface area contributed by atoms with Crippen molar-refractivity contribution < 1.29 is 4.79 Å². The topological polar surface area (TPSA) is 50.2 Å². The minimum Gasteiger partial charge on any atom is -0.336 e. The molecule has 1 atom stereocenters. The molecule has 1 amide bonds. The molecule has 22 heavy (non-hydrogen) atoms. The molecule has 1 N–H and O–H groups in total. The second kappa shape index (κ2) is 6.01. The Morgan fingerprint density at radius 1 is 1.50 bits per heavy atom. The molecule has 6 heteroatoms. The summed E-state index contributed by atoms with van der Waals surface area (Å²) in [5, 5.41) is 9.00. The number of nitrogens with one attached hydrogen (secondary N) is 1. The highest BCUT2D eigenvalue weighted by atomic mass is 32.1. The number of thiophene rings is 1. The van der Waals surface area contributed by atoms with Crippen LogP contribution in [-0.2, 0) is 7.05 Å². The van der Waals surface area contributed by atoms with Gasteiger partial charge in [-0.05, 0) is 31.9 Å². The van der Waals surface area contributed by atoms with Crippen molar-refractivity contribution in [2.75, 3.05) is 20.1 Å². The molecular formula is C16H24N4OS. The van der Waals surface area contributed by atoms with Crippen LogP contribution in [0.1, 0.15) is 48.0 Å². The second-order valence-corrected chi connectivity index (χ2v) is 7.40. The van der Waals surface area contributed by atoms with Crippen molar-refractivity contribution in [1.82, 2.24) is 20.0 Å². The van der Waals surface area contributed by atoms with Crippen molar-refractivity contribution in [3.63, 3.8) is 0 Å². The van der Waals surface area contributed by atoms with Gasteiger partial charge in [0.2, 0.25) is 0 Å². The van der Waals surface area contributed by atoms with Crippen LogP contribution in [0, 0.1) is 0 Å². The molecule has 0 radical (unpaired) electrons. The van der Waals surface area contributed by atoms with Gasteiger partial charge in [-0.1, -0.05) is 13.8 Å². The Morgan fingerprint density at radius 3 is 2.95 bits per heavy atom. The Bertz CT molecular complexity index is 688. The van der Waals surface area contributed by atoms with Crippen molar-refractivity contribution in [3.05, 3.63) is 16.6 Å². The minimum absolute atomic E-state index is 0.163. The van der Waals surface area contributed by atoms with E-state index in [1.807, 2.05) is 29.7 Å². The lowest BCUT2D eigenvalue weighted by molar-refractivity contribution is 0.0703. The fourth-order valence-electron chi connectivity index (χ4n) is 3.15. The standard InChI is InChI=1S/C16H24N4OS/c1-10(2)14-12-8-13(22-16(12)19(4)18-14)15(21)20-7-5-6-11(9-20)17-3/h8,10-11,17H,5-7,9H2,1-4H3. The van der Waals surface area contributed by atoms with E-state index >= 15 is 0 Å². The highest BCUT2D eigenvalue weighted by molar-refractivity contribution is 7.20. The average Bonchev–Trinajstić information content (AvgIpc) is 3.07. The third-order valence-corrected chi connectivity index (χ3v) is 5.60. The van der Waals surface area contributed by atoms with E-state index < -0.39 is 0 Å². The molecule has 1 aliphatic rings. The Balaban J connectivity index is 1.90. The monoisotopic (exact) mass is 320 g/mol. The highest BCUT2D eigenvalue weighted by Crippen LogP contribution is 2.32. The van der Waals surface area contributed by atoms with Gasteiger partial charge in [0.05, 0.1) is 10.6 Å². The smallest absolute Gasteiger partial charge is 0.264 e. The summed E-state index contributed by atoms with van der Waals surface area (Å²) in [5.74, 6) is 0.528. The number of rotatable bonds is 3. The lowest BCUT2D eigenvalue weighted by Gasteiger charge is -2.32. The fourth-order valence-corrected chi connectivity index (χ4v) is 4.20. The van der Waals surface area contributed by atoms with Crippen LogP contribution in [0.3, 0.4) is 0 Å². The molecule has 1 unspecified atom stereocenters. The molecule has 0 bridgehead atoms. The van der Waals surface area contributed by atoms with Crippen molar-refractivity contribution in [1.29, 1.82) is 0 Å². The zero-order valence-corrected chi connectivity index (χ0v) is 14.5. The number of aromatic nitrogens is 2. The first kappa shape index (κ1) is 15.5.